The molecule has 1 fully saturated rings. The molecule has 0 radical (unpaired) electrons. The van der Waals surface area contributed by atoms with E-state index in [4.69, 9.17) is 5.73 Å². The number of likely N-dealkylation sites (tertiary alicyclic amines) is 1. The Morgan fingerprint density at radius 1 is 1.29 bits per heavy atom. The molecule has 0 unspecified atom stereocenters. The van der Waals surface area contributed by atoms with Crippen molar-refractivity contribution in [2.45, 2.75) is 32.7 Å². The summed E-state index contributed by atoms with van der Waals surface area (Å²) in [6, 6.07) is 6.13. The number of hydrogen-bond acceptors (Lipinski definition) is 2. The lowest BCUT2D eigenvalue weighted by Gasteiger charge is -2.31. The van der Waals surface area contributed by atoms with Crippen LogP contribution in [0.5, 0.6) is 0 Å². The van der Waals surface area contributed by atoms with Gasteiger partial charge in [0.05, 0.1) is 0 Å². The van der Waals surface area contributed by atoms with Crippen LogP contribution >= 0.6 is 0 Å². The van der Waals surface area contributed by atoms with E-state index in [-0.39, 0.29) is 11.9 Å². The van der Waals surface area contributed by atoms with Gasteiger partial charge in [0.15, 0.2) is 0 Å². The summed E-state index contributed by atoms with van der Waals surface area (Å²) in [6.45, 7) is 5.56. The number of rotatable bonds is 1. The van der Waals surface area contributed by atoms with Crippen LogP contribution in [0.15, 0.2) is 18.2 Å². The molecule has 0 aromatic heterocycles. The van der Waals surface area contributed by atoms with Crippen molar-refractivity contribution < 1.29 is 4.79 Å². The largest absolute Gasteiger partial charge is 0.337 e. The fourth-order valence-electron chi connectivity index (χ4n) is 2.48. The zero-order valence-electron chi connectivity index (χ0n) is 10.6. The highest BCUT2D eigenvalue weighted by Gasteiger charge is 2.22. The molecule has 1 saturated heterocycles. The molecule has 2 N–H and O–H groups in total. The van der Waals surface area contributed by atoms with E-state index in [0.717, 1.165) is 36.1 Å². The Morgan fingerprint density at radius 3 is 2.53 bits per heavy atom. The average molecular weight is 232 g/mol. The molecule has 1 aromatic rings. The standard InChI is InChI=1S/C14H20N2O/c1-10-6-11(2)8-12(7-10)14(17)16-5-3-4-13(15)9-16/h6-8,13H,3-5,9,15H2,1-2H3/t13-/m0/s1. The second-order valence-corrected chi connectivity index (χ2v) is 5.03. The zero-order valence-corrected chi connectivity index (χ0v) is 10.6. The first-order valence-electron chi connectivity index (χ1n) is 6.19. The molecule has 0 spiro atoms. The smallest absolute Gasteiger partial charge is 0.253 e. The average Bonchev–Trinajstić information content (AvgIpc) is 2.26. The van der Waals surface area contributed by atoms with Crippen molar-refractivity contribution in [3.05, 3.63) is 34.9 Å². The van der Waals surface area contributed by atoms with Crippen molar-refractivity contribution >= 4 is 5.91 Å². The normalized spacial score (nSPS) is 20.4. The van der Waals surface area contributed by atoms with E-state index in [1.165, 1.54) is 0 Å². The summed E-state index contributed by atoms with van der Waals surface area (Å²) in [5.74, 6) is 0.118. The summed E-state index contributed by atoms with van der Waals surface area (Å²) in [5.41, 5.74) is 8.96. The highest BCUT2D eigenvalue weighted by atomic mass is 16.2. The van der Waals surface area contributed by atoms with E-state index in [9.17, 15) is 4.79 Å². The Kier molecular flexibility index (Phi) is 3.48. The molecule has 1 aliphatic heterocycles. The lowest BCUT2D eigenvalue weighted by Crippen LogP contribution is -2.45. The predicted octanol–water partition coefficient (Wildman–Crippen LogP) is 1.87. The number of hydrogen-bond donors (Lipinski definition) is 1. The third kappa shape index (κ3) is 2.86. The van der Waals surface area contributed by atoms with Gasteiger partial charge in [-0.1, -0.05) is 17.2 Å². The summed E-state index contributed by atoms with van der Waals surface area (Å²) in [7, 11) is 0. The number of carbonyl (C=O) groups excluding carboxylic acids is 1. The molecule has 0 bridgehead atoms. The van der Waals surface area contributed by atoms with E-state index in [1.54, 1.807) is 0 Å². The number of amides is 1. The first-order chi connectivity index (χ1) is 8.06. The van der Waals surface area contributed by atoms with Gasteiger partial charge in [-0.25, -0.2) is 0 Å². The second-order valence-electron chi connectivity index (χ2n) is 5.03. The van der Waals surface area contributed by atoms with Crippen molar-refractivity contribution in [2.75, 3.05) is 13.1 Å². The minimum Gasteiger partial charge on any atom is -0.337 e. The van der Waals surface area contributed by atoms with Gasteiger partial charge in [-0.15, -0.1) is 0 Å². The monoisotopic (exact) mass is 232 g/mol. The van der Waals surface area contributed by atoms with Crippen LogP contribution in [-0.2, 0) is 0 Å². The molecule has 1 heterocycles. The maximum absolute atomic E-state index is 12.3. The van der Waals surface area contributed by atoms with Crippen LogP contribution in [0.1, 0.15) is 34.3 Å². The molecule has 1 amide bonds. The third-order valence-corrected chi connectivity index (χ3v) is 3.21. The number of aryl methyl sites for hydroxylation is 2. The number of piperidine rings is 1. The van der Waals surface area contributed by atoms with Gasteiger partial charge in [-0.2, -0.15) is 0 Å². The molecule has 17 heavy (non-hydrogen) atoms. The van der Waals surface area contributed by atoms with Gasteiger partial charge in [-0.3, -0.25) is 4.79 Å². The maximum Gasteiger partial charge on any atom is 0.253 e. The van der Waals surface area contributed by atoms with Gasteiger partial charge in [0.25, 0.3) is 5.91 Å². The number of benzene rings is 1. The molecule has 0 aliphatic carbocycles. The van der Waals surface area contributed by atoms with Crippen molar-refractivity contribution in [3.8, 4) is 0 Å². The molecule has 1 aromatic carbocycles. The molecule has 0 saturated carbocycles. The van der Waals surface area contributed by atoms with Crippen molar-refractivity contribution in [2.24, 2.45) is 5.73 Å². The summed E-state index contributed by atoms with van der Waals surface area (Å²) in [4.78, 5) is 14.2. The molecule has 2 rings (SSSR count). The van der Waals surface area contributed by atoms with Gasteiger partial charge >= 0.3 is 0 Å². The van der Waals surface area contributed by atoms with Gasteiger partial charge in [-0.05, 0) is 38.8 Å². The van der Waals surface area contributed by atoms with Crippen LogP contribution < -0.4 is 5.73 Å². The highest BCUT2D eigenvalue weighted by molar-refractivity contribution is 5.94. The minimum absolute atomic E-state index is 0.118. The molecule has 1 atom stereocenters. The van der Waals surface area contributed by atoms with E-state index in [2.05, 4.69) is 6.07 Å². The van der Waals surface area contributed by atoms with Gasteiger partial charge in [0.1, 0.15) is 0 Å². The molecular formula is C14H20N2O. The molecule has 3 nitrogen and oxygen atoms in total. The fraction of sp³-hybridized carbons (Fsp3) is 0.500. The van der Waals surface area contributed by atoms with E-state index in [0.29, 0.717) is 6.54 Å². The van der Waals surface area contributed by atoms with E-state index >= 15 is 0 Å². The van der Waals surface area contributed by atoms with Crippen LogP contribution in [0.3, 0.4) is 0 Å². The summed E-state index contributed by atoms with van der Waals surface area (Å²) < 4.78 is 0. The van der Waals surface area contributed by atoms with Crippen LogP contribution in [0.25, 0.3) is 0 Å². The Bertz CT molecular complexity index is 408. The molecule has 1 aliphatic rings. The maximum atomic E-state index is 12.3. The molecular weight excluding hydrogens is 212 g/mol. The van der Waals surface area contributed by atoms with Gasteiger partial charge in [0, 0.05) is 24.7 Å². The van der Waals surface area contributed by atoms with Crippen molar-refractivity contribution in [1.29, 1.82) is 0 Å². The lowest BCUT2D eigenvalue weighted by molar-refractivity contribution is 0.0708. The lowest BCUT2D eigenvalue weighted by atomic mass is 10.0. The zero-order chi connectivity index (χ0) is 12.4. The van der Waals surface area contributed by atoms with Gasteiger partial charge < -0.3 is 10.6 Å². The third-order valence-electron chi connectivity index (χ3n) is 3.21. The summed E-state index contributed by atoms with van der Waals surface area (Å²) >= 11 is 0. The first kappa shape index (κ1) is 12.1. The fourth-order valence-corrected chi connectivity index (χ4v) is 2.48. The number of nitrogens with zero attached hydrogens (tertiary/aromatic N) is 1. The van der Waals surface area contributed by atoms with E-state index in [1.807, 2.05) is 30.9 Å². The Balaban J connectivity index is 2.18. The first-order valence-corrected chi connectivity index (χ1v) is 6.19. The summed E-state index contributed by atoms with van der Waals surface area (Å²) in [6.07, 6.45) is 2.04. The summed E-state index contributed by atoms with van der Waals surface area (Å²) in [5, 5.41) is 0. The number of nitrogens with two attached hydrogens (primary N) is 1. The molecule has 92 valence electrons. The Morgan fingerprint density at radius 2 is 1.94 bits per heavy atom. The number of carbonyl (C=O) groups is 1. The van der Waals surface area contributed by atoms with Crippen molar-refractivity contribution in [3.63, 3.8) is 0 Å². The highest BCUT2D eigenvalue weighted by Crippen LogP contribution is 2.15. The Labute approximate surface area is 103 Å². The van der Waals surface area contributed by atoms with Crippen LogP contribution in [-0.4, -0.2) is 29.9 Å². The second kappa shape index (κ2) is 4.88. The van der Waals surface area contributed by atoms with Crippen LogP contribution in [0.4, 0.5) is 0 Å². The van der Waals surface area contributed by atoms with Gasteiger partial charge in [0.2, 0.25) is 0 Å². The van der Waals surface area contributed by atoms with E-state index < -0.39 is 0 Å². The van der Waals surface area contributed by atoms with Crippen molar-refractivity contribution in [1.82, 2.24) is 4.90 Å². The quantitative estimate of drug-likeness (QED) is 0.803. The van der Waals surface area contributed by atoms with Crippen LogP contribution in [0, 0.1) is 13.8 Å². The van der Waals surface area contributed by atoms with Crippen LogP contribution in [0.2, 0.25) is 0 Å². The predicted molar refractivity (Wildman–Crippen MR) is 69.0 cm³/mol. The molecule has 3 heteroatoms. The minimum atomic E-state index is 0.118. The topological polar surface area (TPSA) is 46.3 Å². The Hall–Kier alpha value is -1.35. The SMILES string of the molecule is Cc1cc(C)cc(C(=O)N2CCC[C@H](N)C2)c1.